The van der Waals surface area contributed by atoms with Crippen LogP contribution in [-0.4, -0.2) is 11.1 Å². The molecule has 0 aromatic carbocycles. The summed E-state index contributed by atoms with van der Waals surface area (Å²) in [6.45, 7) is 9.14. The number of hydrogen-bond acceptors (Lipinski definition) is 1. The van der Waals surface area contributed by atoms with Gasteiger partial charge in [0.2, 0.25) is 0 Å². The van der Waals surface area contributed by atoms with E-state index < -0.39 is 5.97 Å². The Morgan fingerprint density at radius 3 is 2.46 bits per heavy atom. The van der Waals surface area contributed by atoms with Crippen molar-refractivity contribution in [2.45, 2.75) is 26.2 Å². The topological polar surface area (TPSA) is 37.3 Å². The number of rotatable bonds is 7. The molecule has 0 aliphatic carbocycles. The van der Waals surface area contributed by atoms with Gasteiger partial charge in [0.25, 0.3) is 0 Å². The minimum absolute atomic E-state index is 0.188. The molecule has 74 valence electrons. The normalized spacial score (nSPS) is 14.5. The first-order valence-corrected chi connectivity index (χ1v) is 4.58. The van der Waals surface area contributed by atoms with E-state index in [1.54, 1.807) is 6.08 Å². The zero-order valence-electron chi connectivity index (χ0n) is 8.20. The average molecular weight is 182 g/mol. The van der Waals surface area contributed by atoms with E-state index in [1.807, 2.05) is 13.0 Å². The van der Waals surface area contributed by atoms with Crippen LogP contribution in [0.2, 0.25) is 0 Å². The second kappa shape index (κ2) is 6.46. The maximum atomic E-state index is 10.8. The highest BCUT2D eigenvalue weighted by atomic mass is 16.4. The molecule has 0 amide bonds. The van der Waals surface area contributed by atoms with Gasteiger partial charge in [0, 0.05) is 0 Å². The number of aliphatic carboxylic acids is 1. The van der Waals surface area contributed by atoms with E-state index in [0.717, 1.165) is 12.8 Å². The standard InChI is InChI=1S/C11H18O2/c1-4-6-8-9(3)10(7-5-2)11(12)13/h4-5,9-10H,1-2,6-8H2,3H3,(H,12,13)/t9?,10-/m1/s1. The Morgan fingerprint density at radius 2 is 2.08 bits per heavy atom. The molecule has 13 heavy (non-hydrogen) atoms. The van der Waals surface area contributed by atoms with E-state index in [4.69, 9.17) is 5.11 Å². The van der Waals surface area contributed by atoms with Crippen molar-refractivity contribution in [1.29, 1.82) is 0 Å². The van der Waals surface area contributed by atoms with Crippen molar-refractivity contribution < 1.29 is 9.90 Å². The molecule has 0 bridgehead atoms. The number of hydrogen-bond donors (Lipinski definition) is 1. The Bertz CT molecular complexity index is 185. The van der Waals surface area contributed by atoms with Gasteiger partial charge in [0.15, 0.2) is 0 Å². The quantitative estimate of drug-likeness (QED) is 0.615. The molecular weight excluding hydrogens is 164 g/mol. The van der Waals surface area contributed by atoms with Crippen LogP contribution in [0.15, 0.2) is 25.3 Å². The molecule has 0 radical (unpaired) electrons. The zero-order chi connectivity index (χ0) is 10.3. The average Bonchev–Trinajstić information content (AvgIpc) is 2.09. The van der Waals surface area contributed by atoms with Gasteiger partial charge in [-0.25, -0.2) is 0 Å². The lowest BCUT2D eigenvalue weighted by molar-refractivity contribution is -0.143. The van der Waals surface area contributed by atoms with Gasteiger partial charge in [-0.15, -0.1) is 13.2 Å². The fourth-order valence-electron chi connectivity index (χ4n) is 1.34. The summed E-state index contributed by atoms with van der Waals surface area (Å²) in [6.07, 6.45) is 5.80. The molecular formula is C11H18O2. The van der Waals surface area contributed by atoms with Crippen molar-refractivity contribution in [1.82, 2.24) is 0 Å². The molecule has 2 heteroatoms. The van der Waals surface area contributed by atoms with Gasteiger partial charge in [0.05, 0.1) is 5.92 Å². The maximum absolute atomic E-state index is 10.8. The molecule has 0 saturated heterocycles. The van der Waals surface area contributed by atoms with E-state index in [9.17, 15) is 4.79 Å². The predicted molar refractivity (Wildman–Crippen MR) is 54.5 cm³/mol. The number of carboxylic acids is 1. The summed E-state index contributed by atoms with van der Waals surface area (Å²) in [6, 6.07) is 0. The Balaban J connectivity index is 4.09. The van der Waals surface area contributed by atoms with Gasteiger partial charge in [-0.3, -0.25) is 4.79 Å². The minimum atomic E-state index is -0.725. The van der Waals surface area contributed by atoms with Crippen molar-refractivity contribution in [3.05, 3.63) is 25.3 Å². The third-order valence-electron chi connectivity index (χ3n) is 2.25. The molecule has 1 unspecified atom stereocenters. The first-order valence-electron chi connectivity index (χ1n) is 4.58. The van der Waals surface area contributed by atoms with Gasteiger partial charge in [-0.1, -0.05) is 19.1 Å². The summed E-state index contributed by atoms with van der Waals surface area (Å²) < 4.78 is 0. The van der Waals surface area contributed by atoms with Crippen molar-refractivity contribution >= 4 is 5.97 Å². The first-order chi connectivity index (χ1) is 6.13. The largest absolute Gasteiger partial charge is 0.481 e. The Hall–Kier alpha value is -1.05. The molecule has 2 atom stereocenters. The van der Waals surface area contributed by atoms with Crippen molar-refractivity contribution in [2.75, 3.05) is 0 Å². The van der Waals surface area contributed by atoms with Crippen LogP contribution in [0.3, 0.4) is 0 Å². The molecule has 0 heterocycles. The van der Waals surface area contributed by atoms with Gasteiger partial charge in [-0.05, 0) is 25.2 Å². The molecule has 0 aromatic heterocycles. The number of allylic oxidation sites excluding steroid dienone is 2. The van der Waals surface area contributed by atoms with Crippen LogP contribution in [0.5, 0.6) is 0 Å². The van der Waals surface area contributed by atoms with Crippen LogP contribution in [0.1, 0.15) is 26.2 Å². The Morgan fingerprint density at radius 1 is 1.46 bits per heavy atom. The summed E-state index contributed by atoms with van der Waals surface area (Å²) in [5.74, 6) is -0.831. The third kappa shape index (κ3) is 4.51. The lowest BCUT2D eigenvalue weighted by Gasteiger charge is -2.17. The predicted octanol–water partition coefficient (Wildman–Crippen LogP) is 2.87. The summed E-state index contributed by atoms with van der Waals surface area (Å²) in [7, 11) is 0. The van der Waals surface area contributed by atoms with E-state index >= 15 is 0 Å². The highest BCUT2D eigenvalue weighted by Crippen LogP contribution is 2.21. The van der Waals surface area contributed by atoms with Crippen LogP contribution in [0.25, 0.3) is 0 Å². The van der Waals surface area contributed by atoms with Crippen molar-refractivity contribution in [3.63, 3.8) is 0 Å². The van der Waals surface area contributed by atoms with E-state index in [0.29, 0.717) is 6.42 Å². The number of carbonyl (C=O) groups is 1. The first kappa shape index (κ1) is 11.9. The summed E-state index contributed by atoms with van der Waals surface area (Å²) in [4.78, 5) is 10.8. The zero-order valence-corrected chi connectivity index (χ0v) is 8.20. The van der Waals surface area contributed by atoms with Gasteiger partial charge in [0.1, 0.15) is 0 Å². The van der Waals surface area contributed by atoms with E-state index in [1.165, 1.54) is 0 Å². The molecule has 2 nitrogen and oxygen atoms in total. The molecule has 0 spiro atoms. The number of carboxylic acid groups (broad SMARTS) is 1. The molecule has 0 saturated carbocycles. The molecule has 1 N–H and O–H groups in total. The highest BCUT2D eigenvalue weighted by molar-refractivity contribution is 5.70. The van der Waals surface area contributed by atoms with Gasteiger partial charge in [-0.2, -0.15) is 0 Å². The molecule has 0 aliphatic rings. The smallest absolute Gasteiger partial charge is 0.307 e. The van der Waals surface area contributed by atoms with Gasteiger partial charge >= 0.3 is 5.97 Å². The van der Waals surface area contributed by atoms with Crippen LogP contribution >= 0.6 is 0 Å². The summed E-state index contributed by atoms with van der Waals surface area (Å²) in [5.41, 5.74) is 0. The summed E-state index contributed by atoms with van der Waals surface area (Å²) in [5, 5.41) is 8.90. The third-order valence-corrected chi connectivity index (χ3v) is 2.25. The fraction of sp³-hybridized carbons (Fsp3) is 0.545. The highest BCUT2D eigenvalue weighted by Gasteiger charge is 2.22. The van der Waals surface area contributed by atoms with Crippen LogP contribution in [0.4, 0.5) is 0 Å². The maximum Gasteiger partial charge on any atom is 0.307 e. The fourth-order valence-corrected chi connectivity index (χ4v) is 1.34. The second-order valence-electron chi connectivity index (χ2n) is 3.31. The SMILES string of the molecule is C=CCCC(C)[C@@H](CC=C)C(=O)O. The monoisotopic (exact) mass is 182 g/mol. The molecule has 0 aliphatic heterocycles. The van der Waals surface area contributed by atoms with E-state index in [2.05, 4.69) is 13.2 Å². The van der Waals surface area contributed by atoms with E-state index in [-0.39, 0.29) is 11.8 Å². The second-order valence-corrected chi connectivity index (χ2v) is 3.31. The molecule has 0 rings (SSSR count). The lowest BCUT2D eigenvalue weighted by atomic mass is 9.87. The van der Waals surface area contributed by atoms with Crippen LogP contribution in [-0.2, 0) is 4.79 Å². The summed E-state index contributed by atoms with van der Waals surface area (Å²) >= 11 is 0. The van der Waals surface area contributed by atoms with Crippen LogP contribution in [0, 0.1) is 11.8 Å². The molecule has 0 aromatic rings. The lowest BCUT2D eigenvalue weighted by Crippen LogP contribution is -2.20. The minimum Gasteiger partial charge on any atom is -0.481 e. The Labute approximate surface area is 80.0 Å². The Kier molecular flexibility index (Phi) is 5.94. The van der Waals surface area contributed by atoms with Crippen LogP contribution < -0.4 is 0 Å². The molecule has 0 fully saturated rings. The van der Waals surface area contributed by atoms with Crippen molar-refractivity contribution in [3.8, 4) is 0 Å². The van der Waals surface area contributed by atoms with Crippen molar-refractivity contribution in [2.24, 2.45) is 11.8 Å². The van der Waals surface area contributed by atoms with Gasteiger partial charge < -0.3 is 5.11 Å².